The fourth-order valence-corrected chi connectivity index (χ4v) is 1.40. The first-order chi connectivity index (χ1) is 8.08. The molecule has 17 heavy (non-hydrogen) atoms. The van der Waals surface area contributed by atoms with Crippen molar-refractivity contribution in [2.24, 2.45) is 0 Å². The number of fused-ring (bicyclic) bond motifs is 1. The van der Waals surface area contributed by atoms with Gasteiger partial charge in [-0.15, -0.1) is 0 Å². The smallest absolute Gasteiger partial charge is 0.272 e. The Morgan fingerprint density at radius 2 is 2.12 bits per heavy atom. The van der Waals surface area contributed by atoms with E-state index in [1.807, 2.05) is 0 Å². The van der Waals surface area contributed by atoms with Crippen LogP contribution in [0.1, 0.15) is 17.3 Å². The van der Waals surface area contributed by atoms with Crippen LogP contribution in [-0.2, 0) is 4.79 Å². The van der Waals surface area contributed by atoms with E-state index in [9.17, 15) is 14.0 Å². The summed E-state index contributed by atoms with van der Waals surface area (Å²) >= 11 is 0. The molecule has 0 radical (unpaired) electrons. The van der Waals surface area contributed by atoms with Crippen LogP contribution < -0.4 is 10.9 Å². The number of nitrogens with one attached hydrogen (secondary N) is 3. The van der Waals surface area contributed by atoms with Crippen LogP contribution in [0.4, 0.5) is 4.39 Å². The molecule has 2 amide bonds. The molecule has 0 aliphatic rings. The van der Waals surface area contributed by atoms with E-state index in [-0.39, 0.29) is 5.56 Å². The molecule has 0 saturated heterocycles. The predicted octanol–water partition coefficient (Wildman–Crippen LogP) is 0.483. The topological polar surface area (TPSA) is 86.9 Å². The summed E-state index contributed by atoms with van der Waals surface area (Å²) < 4.78 is 13.2. The number of carbonyl (C=O) groups excluding carboxylic acids is 2. The van der Waals surface area contributed by atoms with Gasteiger partial charge in [-0.05, 0) is 12.1 Å². The van der Waals surface area contributed by atoms with E-state index in [0.29, 0.717) is 11.0 Å². The summed E-state index contributed by atoms with van der Waals surface area (Å²) in [5.41, 5.74) is 5.08. The summed E-state index contributed by atoms with van der Waals surface area (Å²) in [5, 5.41) is 0. The van der Waals surface area contributed by atoms with Gasteiger partial charge in [0, 0.05) is 6.92 Å². The van der Waals surface area contributed by atoms with Crippen molar-refractivity contribution >= 4 is 22.8 Å². The van der Waals surface area contributed by atoms with Crippen LogP contribution in [0.15, 0.2) is 18.5 Å². The molecule has 3 N–H and O–H groups in total. The van der Waals surface area contributed by atoms with E-state index in [2.05, 4.69) is 20.8 Å². The SMILES string of the molecule is CC(=O)NNC(=O)c1cc(F)cc2[nH]cnc12. The molecule has 1 aromatic heterocycles. The number of benzene rings is 1. The van der Waals surface area contributed by atoms with Gasteiger partial charge in [0.2, 0.25) is 5.91 Å². The number of imidazole rings is 1. The molecule has 1 heterocycles. The highest BCUT2D eigenvalue weighted by molar-refractivity contribution is 6.05. The first kappa shape index (κ1) is 11.1. The number of nitrogens with zero attached hydrogens (tertiary/aromatic N) is 1. The van der Waals surface area contributed by atoms with Crippen molar-refractivity contribution in [3.05, 3.63) is 29.8 Å². The summed E-state index contributed by atoms with van der Waals surface area (Å²) in [6, 6.07) is 2.29. The van der Waals surface area contributed by atoms with Gasteiger partial charge in [-0.25, -0.2) is 9.37 Å². The van der Waals surface area contributed by atoms with E-state index in [1.165, 1.54) is 19.3 Å². The van der Waals surface area contributed by atoms with Crippen molar-refractivity contribution in [1.29, 1.82) is 0 Å². The molecule has 1 aromatic carbocycles. The first-order valence-electron chi connectivity index (χ1n) is 4.77. The van der Waals surface area contributed by atoms with E-state index >= 15 is 0 Å². The Labute approximate surface area is 95.2 Å². The highest BCUT2D eigenvalue weighted by Gasteiger charge is 2.14. The quantitative estimate of drug-likeness (QED) is 0.629. The minimum absolute atomic E-state index is 0.0509. The number of aromatic nitrogens is 2. The van der Waals surface area contributed by atoms with Gasteiger partial charge in [-0.1, -0.05) is 0 Å². The highest BCUT2D eigenvalue weighted by atomic mass is 19.1. The average Bonchev–Trinajstić information content (AvgIpc) is 2.72. The number of amides is 2. The fraction of sp³-hybridized carbons (Fsp3) is 0.100. The van der Waals surface area contributed by atoms with E-state index in [4.69, 9.17) is 0 Å². The number of hydrogen-bond acceptors (Lipinski definition) is 3. The van der Waals surface area contributed by atoms with Gasteiger partial charge in [0.25, 0.3) is 5.91 Å². The molecule has 7 heteroatoms. The van der Waals surface area contributed by atoms with Crippen LogP contribution in [0, 0.1) is 5.82 Å². The molecule has 0 spiro atoms. The maximum absolute atomic E-state index is 13.2. The highest BCUT2D eigenvalue weighted by Crippen LogP contribution is 2.16. The predicted molar refractivity (Wildman–Crippen MR) is 57.3 cm³/mol. The third-order valence-electron chi connectivity index (χ3n) is 2.09. The summed E-state index contributed by atoms with van der Waals surface area (Å²) in [7, 11) is 0. The van der Waals surface area contributed by atoms with E-state index < -0.39 is 17.6 Å². The minimum Gasteiger partial charge on any atom is -0.344 e. The first-order valence-corrected chi connectivity index (χ1v) is 4.77. The van der Waals surface area contributed by atoms with Crippen LogP contribution in [0.3, 0.4) is 0 Å². The molecule has 0 aliphatic carbocycles. The Balaban J connectivity index is 2.36. The number of aromatic amines is 1. The Bertz CT molecular complexity index is 593. The van der Waals surface area contributed by atoms with Crippen molar-refractivity contribution in [2.75, 3.05) is 0 Å². The molecule has 6 nitrogen and oxygen atoms in total. The van der Waals surface area contributed by atoms with E-state index in [1.54, 1.807) is 0 Å². The van der Waals surface area contributed by atoms with Crippen molar-refractivity contribution < 1.29 is 14.0 Å². The average molecular weight is 236 g/mol. The summed E-state index contributed by atoms with van der Waals surface area (Å²) in [6.45, 7) is 1.25. The van der Waals surface area contributed by atoms with Gasteiger partial charge < -0.3 is 4.98 Å². The van der Waals surface area contributed by atoms with Crippen molar-refractivity contribution in [3.63, 3.8) is 0 Å². The minimum atomic E-state index is -0.628. The summed E-state index contributed by atoms with van der Waals surface area (Å²) in [4.78, 5) is 28.9. The molecule has 0 aliphatic heterocycles. The Hall–Kier alpha value is -2.44. The Morgan fingerprint density at radius 3 is 2.82 bits per heavy atom. The second kappa shape index (κ2) is 4.20. The second-order valence-corrected chi connectivity index (χ2v) is 3.39. The zero-order valence-electron chi connectivity index (χ0n) is 8.87. The van der Waals surface area contributed by atoms with E-state index in [0.717, 1.165) is 6.07 Å². The lowest BCUT2D eigenvalue weighted by Gasteiger charge is -2.05. The maximum Gasteiger partial charge on any atom is 0.272 e. The Kier molecular flexibility index (Phi) is 2.73. The lowest BCUT2D eigenvalue weighted by Crippen LogP contribution is -2.40. The third-order valence-corrected chi connectivity index (χ3v) is 2.09. The van der Waals surface area contributed by atoms with Gasteiger partial charge in [-0.2, -0.15) is 0 Å². The molecule has 0 saturated carbocycles. The maximum atomic E-state index is 13.2. The normalized spacial score (nSPS) is 10.2. The number of carbonyl (C=O) groups is 2. The number of H-pyrrole nitrogens is 1. The number of hydrogen-bond donors (Lipinski definition) is 3. The van der Waals surface area contributed by atoms with Gasteiger partial charge in [-0.3, -0.25) is 20.4 Å². The van der Waals surface area contributed by atoms with Gasteiger partial charge in [0.1, 0.15) is 11.3 Å². The zero-order valence-corrected chi connectivity index (χ0v) is 8.87. The molecule has 0 bridgehead atoms. The molecule has 88 valence electrons. The lowest BCUT2D eigenvalue weighted by atomic mass is 10.1. The fourth-order valence-electron chi connectivity index (χ4n) is 1.40. The van der Waals surface area contributed by atoms with Gasteiger partial charge >= 0.3 is 0 Å². The number of rotatable bonds is 1. The van der Waals surface area contributed by atoms with Crippen LogP contribution in [-0.4, -0.2) is 21.8 Å². The van der Waals surface area contributed by atoms with Crippen molar-refractivity contribution in [2.45, 2.75) is 6.92 Å². The summed E-state index contributed by atoms with van der Waals surface area (Å²) in [5.74, 6) is -1.61. The van der Waals surface area contributed by atoms with Crippen molar-refractivity contribution in [3.8, 4) is 0 Å². The second-order valence-electron chi connectivity index (χ2n) is 3.39. The van der Waals surface area contributed by atoms with Crippen LogP contribution >= 0.6 is 0 Å². The lowest BCUT2D eigenvalue weighted by molar-refractivity contribution is -0.119. The zero-order chi connectivity index (χ0) is 12.4. The van der Waals surface area contributed by atoms with Crippen LogP contribution in [0.2, 0.25) is 0 Å². The molecule has 0 fully saturated rings. The Morgan fingerprint density at radius 1 is 1.35 bits per heavy atom. The molecule has 2 rings (SSSR count). The van der Waals surface area contributed by atoms with Gasteiger partial charge in [0.05, 0.1) is 17.4 Å². The summed E-state index contributed by atoms with van der Waals surface area (Å²) in [6.07, 6.45) is 1.36. The largest absolute Gasteiger partial charge is 0.344 e. The van der Waals surface area contributed by atoms with Crippen molar-refractivity contribution in [1.82, 2.24) is 20.8 Å². The number of hydrazine groups is 1. The third kappa shape index (κ3) is 2.22. The standard InChI is InChI=1S/C10H9FN4O2/c1-5(16)14-15-10(17)7-2-6(11)3-8-9(7)13-4-12-8/h2-4H,1H3,(H,12,13)(H,14,16)(H,15,17). The van der Waals surface area contributed by atoms with Crippen LogP contribution in [0.5, 0.6) is 0 Å². The molecule has 0 atom stereocenters. The molecular weight excluding hydrogens is 227 g/mol. The molecular formula is C10H9FN4O2. The van der Waals surface area contributed by atoms with Gasteiger partial charge in [0.15, 0.2) is 0 Å². The molecule has 0 unspecified atom stereocenters. The number of halogens is 1. The monoisotopic (exact) mass is 236 g/mol. The van der Waals surface area contributed by atoms with Crippen LogP contribution in [0.25, 0.3) is 11.0 Å². The molecule has 2 aromatic rings.